The zero-order valence-electron chi connectivity index (χ0n) is 14.9. The number of carbonyl (C=O) groups excluding carboxylic acids is 3. The fraction of sp³-hybridized carbons (Fsp3) is 0.650. The summed E-state index contributed by atoms with van der Waals surface area (Å²) < 4.78 is 5.19. The molecule has 25 heavy (non-hydrogen) atoms. The van der Waals surface area contributed by atoms with Crippen LogP contribution in [0.25, 0.3) is 0 Å². The van der Waals surface area contributed by atoms with E-state index in [1.807, 2.05) is 6.92 Å². The second-order valence-electron chi connectivity index (χ2n) is 8.21. The van der Waals surface area contributed by atoms with Crippen molar-refractivity contribution < 1.29 is 24.2 Å². The highest BCUT2D eigenvalue weighted by Gasteiger charge is 2.74. The summed E-state index contributed by atoms with van der Waals surface area (Å²) in [5.74, 6) is -0.495. The lowest BCUT2D eigenvalue weighted by Gasteiger charge is -2.52. The van der Waals surface area contributed by atoms with Crippen molar-refractivity contribution in [2.24, 2.45) is 22.7 Å². The Morgan fingerprint density at radius 3 is 2.76 bits per heavy atom. The Morgan fingerprint density at radius 2 is 2.08 bits per heavy atom. The Labute approximate surface area is 147 Å². The molecule has 0 radical (unpaired) electrons. The Bertz CT molecular complexity index is 760. The third-order valence-corrected chi connectivity index (χ3v) is 7.32. The van der Waals surface area contributed by atoms with Crippen molar-refractivity contribution in [2.45, 2.75) is 52.1 Å². The van der Waals surface area contributed by atoms with Gasteiger partial charge in [0.1, 0.15) is 0 Å². The molecule has 4 rings (SSSR count). The SMILES string of the molecule is COC(=O)[C@]12CCC3CC(=O)C=C(C)C4=C3[C@@]1(CC4=O)[C@@H](O)C[C@H]2C. The number of aliphatic hydroxyl groups excluding tert-OH is 1. The summed E-state index contributed by atoms with van der Waals surface area (Å²) in [5.41, 5.74) is 0.353. The van der Waals surface area contributed by atoms with Crippen LogP contribution in [0.4, 0.5) is 0 Å². The molecule has 0 aliphatic heterocycles. The number of ether oxygens (including phenoxy) is 1. The van der Waals surface area contributed by atoms with Crippen LogP contribution in [-0.2, 0) is 19.1 Å². The first-order valence-corrected chi connectivity index (χ1v) is 9.05. The maximum Gasteiger partial charge on any atom is 0.313 e. The second kappa shape index (κ2) is 5.13. The predicted molar refractivity (Wildman–Crippen MR) is 89.4 cm³/mol. The summed E-state index contributed by atoms with van der Waals surface area (Å²) in [4.78, 5) is 38.2. The average molecular weight is 344 g/mol. The van der Waals surface area contributed by atoms with Gasteiger partial charge in [-0.1, -0.05) is 6.92 Å². The molecule has 5 nitrogen and oxygen atoms in total. The zero-order chi connectivity index (χ0) is 18.1. The van der Waals surface area contributed by atoms with Crippen molar-refractivity contribution in [1.82, 2.24) is 0 Å². The van der Waals surface area contributed by atoms with Crippen molar-refractivity contribution in [1.29, 1.82) is 0 Å². The largest absolute Gasteiger partial charge is 0.469 e. The minimum Gasteiger partial charge on any atom is -0.469 e. The van der Waals surface area contributed by atoms with E-state index < -0.39 is 16.9 Å². The van der Waals surface area contributed by atoms with Crippen LogP contribution in [0.5, 0.6) is 0 Å². The maximum atomic E-state index is 13.0. The quantitative estimate of drug-likeness (QED) is 0.737. The van der Waals surface area contributed by atoms with E-state index in [-0.39, 0.29) is 35.8 Å². The summed E-state index contributed by atoms with van der Waals surface area (Å²) >= 11 is 0. The van der Waals surface area contributed by atoms with Gasteiger partial charge in [-0.05, 0) is 55.2 Å². The van der Waals surface area contributed by atoms with Crippen LogP contribution in [0.2, 0.25) is 0 Å². The first-order chi connectivity index (χ1) is 11.8. The molecule has 4 aliphatic rings. The topological polar surface area (TPSA) is 80.7 Å². The molecule has 2 fully saturated rings. The van der Waals surface area contributed by atoms with E-state index in [4.69, 9.17) is 4.74 Å². The highest BCUT2D eigenvalue weighted by molar-refractivity contribution is 6.08. The fourth-order valence-electron chi connectivity index (χ4n) is 6.48. The van der Waals surface area contributed by atoms with Gasteiger partial charge in [0, 0.05) is 23.8 Å². The Morgan fingerprint density at radius 1 is 1.36 bits per heavy atom. The number of aliphatic hydroxyl groups is 1. The number of rotatable bonds is 1. The predicted octanol–water partition coefficient (Wildman–Crippen LogP) is 2.13. The molecule has 5 atom stereocenters. The lowest BCUT2D eigenvalue weighted by molar-refractivity contribution is -0.169. The molecule has 2 saturated carbocycles. The maximum absolute atomic E-state index is 13.0. The van der Waals surface area contributed by atoms with Gasteiger partial charge in [-0.3, -0.25) is 14.4 Å². The zero-order valence-corrected chi connectivity index (χ0v) is 14.9. The Hall–Kier alpha value is -1.75. The number of hydrogen-bond donors (Lipinski definition) is 1. The van der Waals surface area contributed by atoms with Crippen LogP contribution in [-0.4, -0.2) is 35.9 Å². The average Bonchev–Trinajstić information content (AvgIpc) is 2.93. The molecule has 134 valence electrons. The van der Waals surface area contributed by atoms with Crippen molar-refractivity contribution in [3.8, 4) is 0 Å². The van der Waals surface area contributed by atoms with E-state index in [2.05, 4.69) is 0 Å². The Kier molecular flexibility index (Phi) is 3.43. The number of allylic oxidation sites excluding steroid dienone is 3. The third-order valence-electron chi connectivity index (χ3n) is 7.32. The molecule has 1 N–H and O–H groups in total. The molecule has 0 aromatic rings. The molecule has 0 heterocycles. The number of esters is 1. The van der Waals surface area contributed by atoms with Crippen molar-refractivity contribution in [3.05, 3.63) is 22.8 Å². The number of carbonyl (C=O) groups is 3. The van der Waals surface area contributed by atoms with Crippen molar-refractivity contribution >= 4 is 17.5 Å². The van der Waals surface area contributed by atoms with Gasteiger partial charge in [0.2, 0.25) is 0 Å². The van der Waals surface area contributed by atoms with Gasteiger partial charge >= 0.3 is 5.97 Å². The van der Waals surface area contributed by atoms with E-state index in [1.165, 1.54) is 7.11 Å². The molecule has 1 unspecified atom stereocenters. The summed E-state index contributed by atoms with van der Waals surface area (Å²) in [6.07, 6.45) is 3.00. The molecule has 0 bridgehead atoms. The molecule has 1 spiro atoms. The van der Waals surface area contributed by atoms with Crippen LogP contribution in [0.15, 0.2) is 22.8 Å². The van der Waals surface area contributed by atoms with Crippen LogP contribution in [0.1, 0.15) is 46.0 Å². The minimum absolute atomic E-state index is 0.0194. The number of methoxy groups -OCH3 is 1. The number of hydrogen-bond acceptors (Lipinski definition) is 5. The van der Waals surface area contributed by atoms with E-state index in [9.17, 15) is 19.5 Å². The molecule has 4 aliphatic carbocycles. The lowest BCUT2D eigenvalue weighted by Crippen LogP contribution is -2.55. The van der Waals surface area contributed by atoms with Gasteiger partial charge in [0.15, 0.2) is 11.6 Å². The highest BCUT2D eigenvalue weighted by atomic mass is 16.5. The van der Waals surface area contributed by atoms with Crippen molar-refractivity contribution in [2.75, 3.05) is 7.11 Å². The molecule has 0 saturated heterocycles. The lowest BCUT2D eigenvalue weighted by atomic mass is 9.50. The standard InChI is InChI=1S/C20H24O5/c1-10-6-13(21)8-12-4-5-19(18(24)25-3)11(2)7-15(23)20(19)9-14(22)16(10)17(12)20/h6,11-12,15,23H,4-5,7-9H2,1-3H3/t11-,12?,15+,19-,20-/m1/s1. The van der Waals surface area contributed by atoms with Gasteiger partial charge in [-0.25, -0.2) is 0 Å². The van der Waals surface area contributed by atoms with Gasteiger partial charge in [0.05, 0.1) is 18.6 Å². The normalized spacial score (nSPS) is 42.7. The van der Waals surface area contributed by atoms with Gasteiger partial charge < -0.3 is 9.84 Å². The van der Waals surface area contributed by atoms with Crippen LogP contribution in [0.3, 0.4) is 0 Å². The van der Waals surface area contributed by atoms with E-state index in [0.29, 0.717) is 36.8 Å². The molecular formula is C20H24O5. The summed E-state index contributed by atoms with van der Waals surface area (Å²) in [5, 5.41) is 11.1. The van der Waals surface area contributed by atoms with Crippen molar-refractivity contribution in [3.63, 3.8) is 0 Å². The van der Waals surface area contributed by atoms with E-state index >= 15 is 0 Å². The van der Waals surface area contributed by atoms with E-state index in [0.717, 1.165) is 5.57 Å². The minimum atomic E-state index is -0.908. The second-order valence-corrected chi connectivity index (χ2v) is 8.21. The van der Waals surface area contributed by atoms with Gasteiger partial charge in [-0.2, -0.15) is 0 Å². The molecule has 0 aromatic heterocycles. The first kappa shape index (κ1) is 16.7. The Balaban J connectivity index is 2.03. The van der Waals surface area contributed by atoms with Crippen LogP contribution < -0.4 is 0 Å². The van der Waals surface area contributed by atoms with Gasteiger partial charge in [0.25, 0.3) is 0 Å². The molecular weight excluding hydrogens is 320 g/mol. The molecule has 5 heteroatoms. The number of Topliss-reactive ketones (excluding diaryl/α,β-unsaturated/α-hetero) is 1. The van der Waals surface area contributed by atoms with Gasteiger partial charge in [-0.15, -0.1) is 0 Å². The third kappa shape index (κ3) is 1.75. The molecule has 0 aromatic carbocycles. The first-order valence-electron chi connectivity index (χ1n) is 9.05. The summed E-state index contributed by atoms with van der Waals surface area (Å²) in [6.45, 7) is 3.77. The van der Waals surface area contributed by atoms with Crippen LogP contribution >= 0.6 is 0 Å². The fourth-order valence-corrected chi connectivity index (χ4v) is 6.48. The summed E-state index contributed by atoms with van der Waals surface area (Å²) in [7, 11) is 1.38. The number of ketones is 2. The summed E-state index contributed by atoms with van der Waals surface area (Å²) in [6, 6.07) is 0. The smallest absolute Gasteiger partial charge is 0.313 e. The molecule has 0 amide bonds. The highest BCUT2D eigenvalue weighted by Crippen LogP contribution is 2.72. The van der Waals surface area contributed by atoms with E-state index in [1.54, 1.807) is 13.0 Å². The monoisotopic (exact) mass is 344 g/mol. The van der Waals surface area contributed by atoms with Crippen LogP contribution in [0, 0.1) is 22.7 Å².